The van der Waals surface area contributed by atoms with Crippen LogP contribution in [0.2, 0.25) is 0 Å². The summed E-state index contributed by atoms with van der Waals surface area (Å²) in [7, 11) is 0. The predicted molar refractivity (Wildman–Crippen MR) is 79.9 cm³/mol. The zero-order valence-electron chi connectivity index (χ0n) is 11.4. The molecule has 112 valence electrons. The summed E-state index contributed by atoms with van der Waals surface area (Å²) in [6, 6.07) is 6.55. The predicted octanol–water partition coefficient (Wildman–Crippen LogP) is 2.97. The number of benzene rings is 1. The van der Waals surface area contributed by atoms with Gasteiger partial charge in [0.05, 0.1) is 6.61 Å². The summed E-state index contributed by atoms with van der Waals surface area (Å²) in [5.41, 5.74) is 0.782. The van der Waals surface area contributed by atoms with Crippen molar-refractivity contribution in [3.05, 3.63) is 30.0 Å². The fourth-order valence-electron chi connectivity index (χ4n) is 1.83. The Bertz CT molecular complexity index is 653. The van der Waals surface area contributed by atoms with Crippen LogP contribution in [0.3, 0.4) is 0 Å². The van der Waals surface area contributed by atoms with Gasteiger partial charge in [-0.15, -0.1) is 11.6 Å². The summed E-state index contributed by atoms with van der Waals surface area (Å²) in [4.78, 5) is 23.7. The van der Waals surface area contributed by atoms with Crippen LogP contribution in [0, 0.1) is 0 Å². The number of alkyl halides is 1. The van der Waals surface area contributed by atoms with Gasteiger partial charge in [-0.3, -0.25) is 0 Å². The SMILES string of the molecule is CCOC(=O)c1oc2ccccc2c1NC(=O)NCCCl. The van der Waals surface area contributed by atoms with Crippen LogP contribution in [0.1, 0.15) is 17.5 Å². The van der Waals surface area contributed by atoms with Gasteiger partial charge < -0.3 is 19.8 Å². The minimum atomic E-state index is -0.624. The first kappa shape index (κ1) is 15.2. The number of amides is 2. The lowest BCUT2D eigenvalue weighted by atomic mass is 10.2. The maximum atomic E-state index is 11.9. The molecule has 21 heavy (non-hydrogen) atoms. The number of halogens is 1. The van der Waals surface area contributed by atoms with Gasteiger partial charge in [-0.1, -0.05) is 12.1 Å². The average Bonchev–Trinajstić information content (AvgIpc) is 2.84. The van der Waals surface area contributed by atoms with Gasteiger partial charge in [0.25, 0.3) is 0 Å². The molecule has 7 heteroatoms. The Morgan fingerprint density at radius 2 is 2.10 bits per heavy atom. The molecule has 2 rings (SSSR count). The topological polar surface area (TPSA) is 80.6 Å². The molecule has 0 spiro atoms. The Hall–Kier alpha value is -2.21. The number of anilines is 1. The van der Waals surface area contributed by atoms with Gasteiger partial charge in [0.15, 0.2) is 0 Å². The number of carbonyl (C=O) groups excluding carboxylic acids is 2. The van der Waals surface area contributed by atoms with Gasteiger partial charge in [-0.25, -0.2) is 9.59 Å². The van der Waals surface area contributed by atoms with E-state index in [0.717, 1.165) is 0 Å². The minimum absolute atomic E-state index is 0.0286. The molecule has 1 aromatic carbocycles. The summed E-state index contributed by atoms with van der Waals surface area (Å²) in [6.07, 6.45) is 0. The summed E-state index contributed by atoms with van der Waals surface area (Å²) in [5, 5.41) is 5.79. The van der Waals surface area contributed by atoms with Crippen molar-refractivity contribution in [1.29, 1.82) is 0 Å². The minimum Gasteiger partial charge on any atom is -0.460 e. The van der Waals surface area contributed by atoms with E-state index in [1.54, 1.807) is 31.2 Å². The maximum Gasteiger partial charge on any atom is 0.376 e. The van der Waals surface area contributed by atoms with Gasteiger partial charge in [0.2, 0.25) is 5.76 Å². The molecule has 0 aliphatic rings. The van der Waals surface area contributed by atoms with Crippen LogP contribution in [0.25, 0.3) is 11.0 Å². The largest absolute Gasteiger partial charge is 0.460 e. The van der Waals surface area contributed by atoms with Crippen molar-refractivity contribution >= 4 is 40.3 Å². The van der Waals surface area contributed by atoms with Gasteiger partial charge in [0.1, 0.15) is 11.3 Å². The molecule has 1 aromatic heterocycles. The lowest BCUT2D eigenvalue weighted by Crippen LogP contribution is -2.30. The molecular weight excluding hydrogens is 296 g/mol. The highest BCUT2D eigenvalue weighted by Crippen LogP contribution is 2.31. The van der Waals surface area contributed by atoms with Crippen LogP contribution in [-0.2, 0) is 4.74 Å². The molecule has 0 saturated heterocycles. The molecule has 0 bridgehead atoms. The third kappa shape index (κ3) is 3.46. The van der Waals surface area contributed by atoms with Gasteiger partial charge >= 0.3 is 12.0 Å². The number of carbonyl (C=O) groups is 2. The average molecular weight is 311 g/mol. The van der Waals surface area contributed by atoms with Crippen molar-refractivity contribution in [2.45, 2.75) is 6.92 Å². The van der Waals surface area contributed by atoms with Gasteiger partial charge in [-0.2, -0.15) is 0 Å². The highest BCUT2D eigenvalue weighted by atomic mass is 35.5. The van der Waals surface area contributed by atoms with Crippen molar-refractivity contribution in [3.63, 3.8) is 0 Å². The first-order valence-electron chi connectivity index (χ1n) is 6.46. The summed E-state index contributed by atoms with van der Waals surface area (Å²) in [5.74, 6) is -0.356. The van der Waals surface area contributed by atoms with Crippen LogP contribution in [0.15, 0.2) is 28.7 Å². The number of ether oxygens (including phenoxy) is 1. The second-order valence-electron chi connectivity index (χ2n) is 4.09. The first-order valence-corrected chi connectivity index (χ1v) is 7.00. The molecule has 0 atom stereocenters. The molecule has 0 unspecified atom stereocenters. The molecule has 0 aliphatic heterocycles. The highest BCUT2D eigenvalue weighted by molar-refractivity contribution is 6.18. The van der Waals surface area contributed by atoms with Crippen molar-refractivity contribution in [2.75, 3.05) is 24.3 Å². The van der Waals surface area contributed by atoms with E-state index >= 15 is 0 Å². The fraction of sp³-hybridized carbons (Fsp3) is 0.286. The molecule has 2 N–H and O–H groups in total. The third-order valence-electron chi connectivity index (χ3n) is 2.67. The maximum absolute atomic E-state index is 11.9. The second-order valence-corrected chi connectivity index (χ2v) is 4.47. The number of hydrogen-bond acceptors (Lipinski definition) is 4. The zero-order valence-corrected chi connectivity index (χ0v) is 12.2. The number of rotatable bonds is 5. The monoisotopic (exact) mass is 310 g/mol. The Morgan fingerprint density at radius 1 is 1.33 bits per heavy atom. The lowest BCUT2D eigenvalue weighted by Gasteiger charge is -2.06. The highest BCUT2D eigenvalue weighted by Gasteiger charge is 2.22. The van der Waals surface area contributed by atoms with E-state index < -0.39 is 12.0 Å². The van der Waals surface area contributed by atoms with Crippen LogP contribution >= 0.6 is 11.6 Å². The number of hydrogen-bond donors (Lipinski definition) is 2. The normalized spacial score (nSPS) is 10.4. The fourth-order valence-corrected chi connectivity index (χ4v) is 1.92. The molecule has 0 radical (unpaired) electrons. The van der Waals surface area contributed by atoms with Crippen LogP contribution in [0.4, 0.5) is 10.5 Å². The Kier molecular flexibility index (Phi) is 5.05. The number of furan rings is 1. The van der Waals surface area contributed by atoms with E-state index in [1.165, 1.54) is 0 Å². The molecule has 2 aromatic rings. The molecule has 0 aliphatic carbocycles. The number of urea groups is 1. The Labute approximate surface area is 126 Å². The summed E-state index contributed by atoms with van der Waals surface area (Å²) in [6.45, 7) is 2.23. The number of fused-ring (bicyclic) bond motifs is 1. The van der Waals surface area contributed by atoms with Crippen LogP contribution < -0.4 is 10.6 Å². The van der Waals surface area contributed by atoms with E-state index in [1.807, 2.05) is 0 Å². The Balaban J connectivity index is 2.36. The van der Waals surface area contributed by atoms with Crippen molar-refractivity contribution in [1.82, 2.24) is 5.32 Å². The third-order valence-corrected chi connectivity index (χ3v) is 2.86. The lowest BCUT2D eigenvalue weighted by molar-refractivity contribution is 0.0494. The quantitative estimate of drug-likeness (QED) is 0.657. The zero-order chi connectivity index (χ0) is 15.2. The van der Waals surface area contributed by atoms with E-state index in [4.69, 9.17) is 20.8 Å². The molecule has 6 nitrogen and oxygen atoms in total. The van der Waals surface area contributed by atoms with Crippen LogP contribution in [0.5, 0.6) is 0 Å². The smallest absolute Gasteiger partial charge is 0.376 e. The van der Waals surface area contributed by atoms with Crippen LogP contribution in [-0.4, -0.2) is 31.0 Å². The van der Waals surface area contributed by atoms with Crippen molar-refractivity contribution < 1.29 is 18.7 Å². The standard InChI is InChI=1S/C14H15ClN2O4/c1-2-20-13(18)12-11(17-14(19)16-8-7-15)9-5-3-4-6-10(9)21-12/h3-6H,2,7-8H2,1H3,(H2,16,17,19). The molecule has 2 amide bonds. The molecular formula is C14H15ClN2O4. The van der Waals surface area contributed by atoms with E-state index in [9.17, 15) is 9.59 Å². The van der Waals surface area contributed by atoms with Crippen molar-refractivity contribution in [2.24, 2.45) is 0 Å². The number of esters is 1. The molecule has 0 saturated carbocycles. The summed E-state index contributed by atoms with van der Waals surface area (Å²) < 4.78 is 10.4. The summed E-state index contributed by atoms with van der Waals surface area (Å²) >= 11 is 5.51. The molecule has 1 heterocycles. The van der Waals surface area contributed by atoms with Gasteiger partial charge in [-0.05, 0) is 19.1 Å². The molecule has 0 fully saturated rings. The first-order chi connectivity index (χ1) is 10.2. The van der Waals surface area contributed by atoms with E-state index in [-0.39, 0.29) is 18.1 Å². The number of nitrogens with one attached hydrogen (secondary N) is 2. The second kappa shape index (κ2) is 6.99. The van der Waals surface area contributed by atoms with Gasteiger partial charge in [0, 0.05) is 17.8 Å². The number of para-hydroxylation sites is 1. The Morgan fingerprint density at radius 3 is 2.81 bits per heavy atom. The van der Waals surface area contributed by atoms with E-state index in [0.29, 0.717) is 23.4 Å². The van der Waals surface area contributed by atoms with E-state index in [2.05, 4.69) is 10.6 Å². The van der Waals surface area contributed by atoms with Crippen molar-refractivity contribution in [3.8, 4) is 0 Å².